The van der Waals surface area contributed by atoms with Crippen molar-refractivity contribution in [2.75, 3.05) is 20.2 Å². The van der Waals surface area contributed by atoms with Gasteiger partial charge >= 0.3 is 6.18 Å². The Hall–Kier alpha value is -1.56. The molecule has 122 valence electrons. The summed E-state index contributed by atoms with van der Waals surface area (Å²) in [5.41, 5.74) is -0.734. The van der Waals surface area contributed by atoms with Gasteiger partial charge in [0.05, 0.1) is 18.1 Å². The highest BCUT2D eigenvalue weighted by Crippen LogP contribution is 2.32. The Labute approximate surface area is 128 Å². The van der Waals surface area contributed by atoms with E-state index >= 15 is 0 Å². The number of ether oxygens (including phenoxy) is 1. The lowest BCUT2D eigenvalue weighted by Gasteiger charge is -2.27. The standard InChI is InChI=1S/C16H20F3NO2/c1-20(11-13-7-4-5-9-22-13)15(21)10-12-6-2-3-8-14(12)16(17,18)19/h2-3,6,8,13H,4-5,7,9-11H2,1H3. The van der Waals surface area contributed by atoms with Crippen LogP contribution < -0.4 is 0 Å². The molecule has 0 saturated carbocycles. The van der Waals surface area contributed by atoms with Gasteiger partial charge in [0.1, 0.15) is 0 Å². The van der Waals surface area contributed by atoms with Crippen molar-refractivity contribution in [2.45, 2.75) is 38.0 Å². The zero-order valence-corrected chi connectivity index (χ0v) is 12.5. The largest absolute Gasteiger partial charge is 0.416 e. The number of carbonyl (C=O) groups is 1. The highest BCUT2D eigenvalue weighted by Gasteiger charge is 2.33. The summed E-state index contributed by atoms with van der Waals surface area (Å²) in [6.07, 6.45) is -1.74. The Morgan fingerprint density at radius 1 is 1.32 bits per heavy atom. The van der Waals surface area contributed by atoms with E-state index in [1.807, 2.05) is 0 Å². The number of rotatable bonds is 4. The first-order valence-electron chi connectivity index (χ1n) is 7.38. The topological polar surface area (TPSA) is 29.5 Å². The number of hydrogen-bond acceptors (Lipinski definition) is 2. The summed E-state index contributed by atoms with van der Waals surface area (Å²) in [5.74, 6) is -0.328. The molecule has 0 bridgehead atoms. The van der Waals surface area contributed by atoms with Gasteiger partial charge in [-0.2, -0.15) is 13.2 Å². The number of alkyl halides is 3. The van der Waals surface area contributed by atoms with Crippen LogP contribution in [0.5, 0.6) is 0 Å². The molecule has 0 N–H and O–H groups in total. The number of benzene rings is 1. The van der Waals surface area contributed by atoms with Crippen LogP contribution in [0.2, 0.25) is 0 Å². The molecule has 1 saturated heterocycles. The van der Waals surface area contributed by atoms with E-state index < -0.39 is 11.7 Å². The summed E-state index contributed by atoms with van der Waals surface area (Å²) in [5, 5.41) is 0. The maximum Gasteiger partial charge on any atom is 0.416 e. The number of amides is 1. The molecule has 6 heteroatoms. The second-order valence-electron chi connectivity index (χ2n) is 5.59. The molecule has 1 aliphatic heterocycles. The molecule has 1 amide bonds. The minimum absolute atomic E-state index is 0.0106. The van der Waals surface area contributed by atoms with Gasteiger partial charge in [-0.05, 0) is 30.9 Å². The lowest BCUT2D eigenvalue weighted by atomic mass is 10.0. The first kappa shape index (κ1) is 16.8. The summed E-state index contributed by atoms with van der Waals surface area (Å²) in [6, 6.07) is 5.21. The molecule has 0 aromatic heterocycles. The Morgan fingerprint density at radius 2 is 2.05 bits per heavy atom. The third-order valence-corrected chi connectivity index (χ3v) is 3.84. The Kier molecular flexibility index (Phi) is 5.45. The second-order valence-corrected chi connectivity index (χ2v) is 5.59. The number of likely N-dealkylation sites (N-methyl/N-ethyl adjacent to an activating group) is 1. The SMILES string of the molecule is CN(CC1CCCCO1)C(=O)Cc1ccccc1C(F)(F)F. The average molecular weight is 315 g/mol. The molecule has 1 unspecified atom stereocenters. The predicted molar refractivity (Wildman–Crippen MR) is 76.4 cm³/mol. The van der Waals surface area contributed by atoms with E-state index in [9.17, 15) is 18.0 Å². The average Bonchev–Trinajstić information content (AvgIpc) is 2.47. The van der Waals surface area contributed by atoms with Gasteiger partial charge in [0.2, 0.25) is 5.91 Å². The fraction of sp³-hybridized carbons (Fsp3) is 0.562. The van der Waals surface area contributed by atoms with Crippen LogP contribution >= 0.6 is 0 Å². The van der Waals surface area contributed by atoms with E-state index in [2.05, 4.69) is 0 Å². The summed E-state index contributed by atoms with van der Waals surface area (Å²) >= 11 is 0. The van der Waals surface area contributed by atoms with E-state index in [0.717, 1.165) is 25.3 Å². The third-order valence-electron chi connectivity index (χ3n) is 3.84. The molecule has 1 fully saturated rings. The third kappa shape index (κ3) is 4.47. The maximum atomic E-state index is 12.9. The fourth-order valence-corrected chi connectivity index (χ4v) is 2.61. The molecule has 0 spiro atoms. The molecule has 3 nitrogen and oxygen atoms in total. The van der Waals surface area contributed by atoms with Crippen LogP contribution in [0.4, 0.5) is 13.2 Å². The number of halogens is 3. The van der Waals surface area contributed by atoms with Crippen molar-refractivity contribution in [3.05, 3.63) is 35.4 Å². The van der Waals surface area contributed by atoms with Crippen molar-refractivity contribution in [1.82, 2.24) is 4.90 Å². The second kappa shape index (κ2) is 7.13. The van der Waals surface area contributed by atoms with E-state index in [4.69, 9.17) is 4.74 Å². The molecular formula is C16H20F3NO2. The molecule has 1 atom stereocenters. The Morgan fingerprint density at radius 3 is 2.68 bits per heavy atom. The van der Waals surface area contributed by atoms with Crippen LogP contribution in [0.25, 0.3) is 0 Å². The normalized spacial score (nSPS) is 19.0. The Bertz CT molecular complexity index is 510. The summed E-state index contributed by atoms with van der Waals surface area (Å²) in [4.78, 5) is 13.6. The van der Waals surface area contributed by atoms with E-state index in [1.54, 1.807) is 7.05 Å². The molecule has 1 heterocycles. The van der Waals surface area contributed by atoms with E-state index in [1.165, 1.54) is 23.1 Å². The molecule has 1 aliphatic rings. The van der Waals surface area contributed by atoms with Crippen LogP contribution in [0, 0.1) is 0 Å². The van der Waals surface area contributed by atoms with Crippen molar-refractivity contribution >= 4 is 5.91 Å². The van der Waals surface area contributed by atoms with Gasteiger partial charge in [-0.3, -0.25) is 4.79 Å². The van der Waals surface area contributed by atoms with Gasteiger partial charge in [0.15, 0.2) is 0 Å². The van der Waals surface area contributed by atoms with Gasteiger partial charge in [-0.1, -0.05) is 18.2 Å². The summed E-state index contributed by atoms with van der Waals surface area (Å²) in [6.45, 7) is 1.11. The van der Waals surface area contributed by atoms with E-state index in [0.29, 0.717) is 13.2 Å². The maximum absolute atomic E-state index is 12.9. The van der Waals surface area contributed by atoms with Crippen LogP contribution in [-0.4, -0.2) is 37.1 Å². The first-order valence-corrected chi connectivity index (χ1v) is 7.38. The fourth-order valence-electron chi connectivity index (χ4n) is 2.61. The van der Waals surface area contributed by atoms with Crippen molar-refractivity contribution in [3.8, 4) is 0 Å². The van der Waals surface area contributed by atoms with Gasteiger partial charge in [-0.25, -0.2) is 0 Å². The van der Waals surface area contributed by atoms with Crippen LogP contribution in [-0.2, 0) is 22.1 Å². The Balaban J connectivity index is 1.99. The van der Waals surface area contributed by atoms with Crippen molar-refractivity contribution < 1.29 is 22.7 Å². The minimum Gasteiger partial charge on any atom is -0.376 e. The predicted octanol–water partition coefficient (Wildman–Crippen LogP) is 3.28. The number of carbonyl (C=O) groups excluding carboxylic acids is 1. The lowest BCUT2D eigenvalue weighted by Crippen LogP contribution is -2.38. The summed E-state index contributed by atoms with van der Waals surface area (Å²) in [7, 11) is 1.61. The van der Waals surface area contributed by atoms with Crippen molar-refractivity contribution in [2.24, 2.45) is 0 Å². The minimum atomic E-state index is -4.44. The van der Waals surface area contributed by atoms with Crippen LogP contribution in [0.15, 0.2) is 24.3 Å². The van der Waals surface area contributed by atoms with Gasteiger partial charge in [0.25, 0.3) is 0 Å². The number of hydrogen-bond donors (Lipinski definition) is 0. The van der Waals surface area contributed by atoms with Crippen molar-refractivity contribution in [3.63, 3.8) is 0 Å². The van der Waals surface area contributed by atoms with Crippen LogP contribution in [0.3, 0.4) is 0 Å². The van der Waals surface area contributed by atoms with Crippen LogP contribution in [0.1, 0.15) is 30.4 Å². The van der Waals surface area contributed by atoms with Gasteiger partial charge in [-0.15, -0.1) is 0 Å². The van der Waals surface area contributed by atoms with Gasteiger partial charge < -0.3 is 9.64 Å². The smallest absolute Gasteiger partial charge is 0.376 e. The summed E-state index contributed by atoms with van der Waals surface area (Å²) < 4.78 is 44.3. The van der Waals surface area contributed by atoms with E-state index in [-0.39, 0.29) is 24.0 Å². The molecule has 0 radical (unpaired) electrons. The molecular weight excluding hydrogens is 295 g/mol. The zero-order chi connectivity index (χ0) is 16.2. The molecule has 1 aromatic carbocycles. The molecule has 22 heavy (non-hydrogen) atoms. The number of nitrogens with zero attached hydrogens (tertiary/aromatic N) is 1. The van der Waals surface area contributed by atoms with Crippen molar-refractivity contribution in [1.29, 1.82) is 0 Å². The highest BCUT2D eigenvalue weighted by atomic mass is 19.4. The quantitative estimate of drug-likeness (QED) is 0.853. The molecule has 1 aromatic rings. The molecule has 2 rings (SSSR count). The zero-order valence-electron chi connectivity index (χ0n) is 12.5. The van der Waals surface area contributed by atoms with Gasteiger partial charge in [0, 0.05) is 20.2 Å². The first-order chi connectivity index (χ1) is 10.4. The monoisotopic (exact) mass is 315 g/mol. The lowest BCUT2D eigenvalue weighted by molar-refractivity contribution is -0.138. The highest BCUT2D eigenvalue weighted by molar-refractivity contribution is 5.79. The molecule has 0 aliphatic carbocycles.